The summed E-state index contributed by atoms with van der Waals surface area (Å²) in [5.74, 6) is 0.757. The third kappa shape index (κ3) is 7.26. The zero-order valence-electron chi connectivity index (χ0n) is 16.4. The molecule has 0 saturated carbocycles. The first-order valence-corrected chi connectivity index (χ1v) is 9.85. The molecule has 0 aliphatic carbocycles. The molecule has 4 nitrogen and oxygen atoms in total. The first-order chi connectivity index (χ1) is 13.1. The molecule has 0 saturated heterocycles. The van der Waals surface area contributed by atoms with Gasteiger partial charge in [-0.3, -0.25) is 10.1 Å². The summed E-state index contributed by atoms with van der Waals surface area (Å²) in [6, 6.07) is 16.9. The van der Waals surface area contributed by atoms with Crippen LogP contribution in [0, 0.1) is 16.0 Å². The van der Waals surface area contributed by atoms with Crippen LogP contribution in [-0.4, -0.2) is 11.5 Å². The molecule has 2 aromatic carbocycles. The highest BCUT2D eigenvalue weighted by molar-refractivity contribution is 5.80. The summed E-state index contributed by atoms with van der Waals surface area (Å²) >= 11 is 0. The lowest BCUT2D eigenvalue weighted by atomic mass is 9.99. The Morgan fingerprint density at radius 2 is 1.74 bits per heavy atom. The van der Waals surface area contributed by atoms with Gasteiger partial charge in [0.15, 0.2) is 0 Å². The standard InChI is InChI=1S/C23H30N2O2/c1-3-4-9-19(2)10-8-17-24-23(18-20-11-6-5-7-12-20)21-13-15-22(16-14-21)25(26)27/h5-7,11-16,18-19,24H,3-4,8-10,17H2,1-2H3. The summed E-state index contributed by atoms with van der Waals surface area (Å²) in [6.45, 7) is 5.46. The van der Waals surface area contributed by atoms with Crippen LogP contribution in [0.25, 0.3) is 11.8 Å². The molecule has 0 aliphatic rings. The lowest BCUT2D eigenvalue weighted by Gasteiger charge is -2.14. The molecule has 0 heterocycles. The lowest BCUT2D eigenvalue weighted by Crippen LogP contribution is -2.14. The van der Waals surface area contributed by atoms with Gasteiger partial charge in [-0.25, -0.2) is 0 Å². The largest absolute Gasteiger partial charge is 0.385 e. The van der Waals surface area contributed by atoms with Crippen molar-refractivity contribution in [3.05, 3.63) is 75.8 Å². The Balaban J connectivity index is 2.04. The molecule has 1 atom stereocenters. The number of non-ortho nitro benzene ring substituents is 1. The number of rotatable bonds is 11. The van der Waals surface area contributed by atoms with E-state index in [-0.39, 0.29) is 10.6 Å². The van der Waals surface area contributed by atoms with Crippen LogP contribution in [0.1, 0.15) is 57.1 Å². The van der Waals surface area contributed by atoms with E-state index in [0.29, 0.717) is 0 Å². The van der Waals surface area contributed by atoms with E-state index in [4.69, 9.17) is 0 Å². The van der Waals surface area contributed by atoms with Crippen molar-refractivity contribution >= 4 is 17.5 Å². The van der Waals surface area contributed by atoms with E-state index < -0.39 is 0 Å². The highest BCUT2D eigenvalue weighted by Crippen LogP contribution is 2.20. The van der Waals surface area contributed by atoms with Crippen LogP contribution in [0.3, 0.4) is 0 Å². The predicted molar refractivity (Wildman–Crippen MR) is 113 cm³/mol. The Bertz CT molecular complexity index is 724. The molecule has 1 unspecified atom stereocenters. The number of benzene rings is 2. The Labute approximate surface area is 162 Å². The van der Waals surface area contributed by atoms with Gasteiger partial charge in [0.05, 0.1) is 4.92 Å². The molecule has 2 aromatic rings. The predicted octanol–water partition coefficient (Wildman–Crippen LogP) is 6.29. The van der Waals surface area contributed by atoms with E-state index >= 15 is 0 Å². The second-order valence-corrected chi connectivity index (χ2v) is 7.09. The first kappa shape index (κ1) is 20.7. The normalized spacial score (nSPS) is 12.6. The van der Waals surface area contributed by atoms with Gasteiger partial charge < -0.3 is 5.32 Å². The van der Waals surface area contributed by atoms with Gasteiger partial charge in [-0.1, -0.05) is 63.4 Å². The van der Waals surface area contributed by atoms with Crippen molar-refractivity contribution < 1.29 is 4.92 Å². The SMILES string of the molecule is CCCCC(C)CCCNC(=Cc1ccccc1)c1ccc([N+](=O)[O-])cc1. The number of hydrogen-bond acceptors (Lipinski definition) is 3. The fraction of sp³-hybridized carbons (Fsp3) is 0.391. The molecule has 4 heteroatoms. The molecule has 1 N–H and O–H groups in total. The summed E-state index contributed by atoms with van der Waals surface area (Å²) in [7, 11) is 0. The maximum atomic E-state index is 10.9. The second kappa shape index (κ2) is 11.2. The summed E-state index contributed by atoms with van der Waals surface area (Å²) in [6.07, 6.45) is 8.28. The Morgan fingerprint density at radius 3 is 2.37 bits per heavy atom. The number of unbranched alkanes of at least 4 members (excludes halogenated alkanes) is 1. The van der Waals surface area contributed by atoms with E-state index in [0.717, 1.165) is 35.7 Å². The minimum Gasteiger partial charge on any atom is -0.385 e. The van der Waals surface area contributed by atoms with Crippen LogP contribution in [-0.2, 0) is 0 Å². The fourth-order valence-electron chi connectivity index (χ4n) is 3.09. The molecular weight excluding hydrogens is 336 g/mol. The van der Waals surface area contributed by atoms with Gasteiger partial charge in [-0.15, -0.1) is 0 Å². The van der Waals surface area contributed by atoms with Gasteiger partial charge in [0.2, 0.25) is 0 Å². The molecule has 0 bridgehead atoms. The van der Waals surface area contributed by atoms with Gasteiger partial charge in [0.1, 0.15) is 0 Å². The Kier molecular flexibility index (Phi) is 8.56. The van der Waals surface area contributed by atoms with Crippen molar-refractivity contribution in [3.8, 4) is 0 Å². The smallest absolute Gasteiger partial charge is 0.269 e. The third-order valence-electron chi connectivity index (χ3n) is 4.74. The lowest BCUT2D eigenvalue weighted by molar-refractivity contribution is -0.384. The molecule has 144 valence electrons. The number of nitro benzene ring substituents is 1. The van der Waals surface area contributed by atoms with E-state index in [1.165, 1.54) is 25.7 Å². The van der Waals surface area contributed by atoms with Gasteiger partial charge in [0.25, 0.3) is 5.69 Å². The molecule has 0 radical (unpaired) electrons. The maximum absolute atomic E-state index is 10.9. The van der Waals surface area contributed by atoms with Gasteiger partial charge in [-0.05, 0) is 48.1 Å². The van der Waals surface area contributed by atoms with Crippen LogP contribution in [0.15, 0.2) is 54.6 Å². The molecule has 0 fully saturated rings. The zero-order chi connectivity index (χ0) is 19.5. The summed E-state index contributed by atoms with van der Waals surface area (Å²) in [5, 5.41) is 14.4. The number of hydrogen-bond donors (Lipinski definition) is 1. The monoisotopic (exact) mass is 366 g/mol. The van der Waals surface area contributed by atoms with Crippen molar-refractivity contribution in [3.63, 3.8) is 0 Å². The molecule has 2 rings (SSSR count). The summed E-state index contributed by atoms with van der Waals surface area (Å²) < 4.78 is 0. The highest BCUT2D eigenvalue weighted by atomic mass is 16.6. The number of nitrogens with zero attached hydrogens (tertiary/aromatic N) is 1. The topological polar surface area (TPSA) is 55.2 Å². The highest BCUT2D eigenvalue weighted by Gasteiger charge is 2.08. The zero-order valence-corrected chi connectivity index (χ0v) is 16.4. The van der Waals surface area contributed by atoms with Crippen molar-refractivity contribution in [1.82, 2.24) is 5.32 Å². The summed E-state index contributed by atoms with van der Waals surface area (Å²) in [5.41, 5.74) is 3.18. The van der Waals surface area contributed by atoms with Gasteiger partial charge >= 0.3 is 0 Å². The molecule has 0 aromatic heterocycles. The number of nitro groups is 1. The Hall–Kier alpha value is -2.62. The number of nitrogens with one attached hydrogen (secondary N) is 1. The first-order valence-electron chi connectivity index (χ1n) is 9.85. The quantitative estimate of drug-likeness (QED) is 0.220. The molecule has 0 amide bonds. The van der Waals surface area contributed by atoms with Crippen LogP contribution in [0.2, 0.25) is 0 Å². The molecular formula is C23H30N2O2. The average molecular weight is 367 g/mol. The fourth-order valence-corrected chi connectivity index (χ4v) is 3.09. The third-order valence-corrected chi connectivity index (χ3v) is 4.74. The minimum absolute atomic E-state index is 0.113. The van der Waals surface area contributed by atoms with E-state index in [1.54, 1.807) is 12.1 Å². The van der Waals surface area contributed by atoms with Crippen molar-refractivity contribution in [2.24, 2.45) is 5.92 Å². The molecule has 0 aliphatic heterocycles. The van der Waals surface area contributed by atoms with Gasteiger partial charge in [-0.2, -0.15) is 0 Å². The second-order valence-electron chi connectivity index (χ2n) is 7.09. The average Bonchev–Trinajstić information content (AvgIpc) is 2.69. The van der Waals surface area contributed by atoms with E-state index in [1.807, 2.05) is 30.3 Å². The summed E-state index contributed by atoms with van der Waals surface area (Å²) in [4.78, 5) is 10.5. The van der Waals surface area contributed by atoms with Crippen molar-refractivity contribution in [2.75, 3.05) is 6.54 Å². The van der Waals surface area contributed by atoms with Crippen LogP contribution >= 0.6 is 0 Å². The van der Waals surface area contributed by atoms with E-state index in [2.05, 4.69) is 37.4 Å². The van der Waals surface area contributed by atoms with Crippen LogP contribution in [0.4, 0.5) is 5.69 Å². The molecule has 27 heavy (non-hydrogen) atoms. The Morgan fingerprint density at radius 1 is 1.07 bits per heavy atom. The van der Waals surface area contributed by atoms with Crippen LogP contribution in [0.5, 0.6) is 0 Å². The minimum atomic E-state index is -0.366. The maximum Gasteiger partial charge on any atom is 0.269 e. The van der Waals surface area contributed by atoms with Crippen LogP contribution < -0.4 is 5.32 Å². The van der Waals surface area contributed by atoms with Gasteiger partial charge in [0, 0.05) is 24.4 Å². The van der Waals surface area contributed by atoms with Crippen molar-refractivity contribution in [2.45, 2.75) is 46.0 Å². The van der Waals surface area contributed by atoms with Crippen molar-refractivity contribution in [1.29, 1.82) is 0 Å². The van der Waals surface area contributed by atoms with E-state index in [9.17, 15) is 10.1 Å². The molecule has 0 spiro atoms.